The molecule has 0 bridgehead atoms. The lowest BCUT2D eigenvalue weighted by Gasteiger charge is -2.16. The van der Waals surface area contributed by atoms with Crippen LogP contribution >= 0.6 is 0 Å². The molecule has 0 unspecified atom stereocenters. The Hall–Kier alpha value is -1.71. The quantitative estimate of drug-likeness (QED) is 0.867. The average Bonchev–Trinajstić information content (AvgIpc) is 2.26. The Labute approximate surface area is 103 Å². The number of methoxy groups -OCH3 is 1. The van der Waals surface area contributed by atoms with E-state index in [9.17, 15) is 4.79 Å². The van der Waals surface area contributed by atoms with Crippen LogP contribution in [0.1, 0.15) is 11.1 Å². The van der Waals surface area contributed by atoms with Crippen molar-refractivity contribution in [3.8, 4) is 5.75 Å². The van der Waals surface area contributed by atoms with E-state index in [1.54, 1.807) is 26.1 Å². The number of carbonyl (C=O) groups is 1. The molecule has 0 saturated heterocycles. The molecule has 0 aliphatic carbocycles. The average molecular weight is 236 g/mol. The highest BCUT2D eigenvalue weighted by atomic mass is 16.5. The second-order valence-electron chi connectivity index (χ2n) is 4.30. The van der Waals surface area contributed by atoms with Crippen LogP contribution in [-0.4, -0.2) is 38.6 Å². The summed E-state index contributed by atoms with van der Waals surface area (Å²) in [7, 11) is 5.11. The van der Waals surface area contributed by atoms with Crippen LogP contribution in [0.5, 0.6) is 5.75 Å². The summed E-state index contributed by atoms with van der Waals surface area (Å²) in [5, 5.41) is 3.12. The van der Waals surface area contributed by atoms with Crippen molar-refractivity contribution in [3.05, 3.63) is 23.3 Å². The van der Waals surface area contributed by atoms with Crippen molar-refractivity contribution in [2.75, 3.05) is 33.1 Å². The fraction of sp³-hybridized carbons (Fsp3) is 0.462. The minimum atomic E-state index is 0.0343. The predicted molar refractivity (Wildman–Crippen MR) is 69.7 cm³/mol. The van der Waals surface area contributed by atoms with Crippen LogP contribution in [0.25, 0.3) is 0 Å². The van der Waals surface area contributed by atoms with E-state index >= 15 is 0 Å². The van der Waals surface area contributed by atoms with E-state index in [-0.39, 0.29) is 12.5 Å². The number of amides is 1. The number of anilines is 1. The zero-order chi connectivity index (χ0) is 13.0. The van der Waals surface area contributed by atoms with E-state index in [0.29, 0.717) is 0 Å². The molecule has 0 saturated carbocycles. The van der Waals surface area contributed by atoms with E-state index < -0.39 is 0 Å². The highest BCUT2D eigenvalue weighted by Gasteiger charge is 2.10. The number of likely N-dealkylation sites (N-methyl/N-ethyl adjacent to an activating group) is 1. The topological polar surface area (TPSA) is 41.6 Å². The lowest BCUT2D eigenvalue weighted by atomic mass is 10.1. The fourth-order valence-corrected chi connectivity index (χ4v) is 1.64. The second kappa shape index (κ2) is 5.57. The second-order valence-corrected chi connectivity index (χ2v) is 4.30. The molecule has 4 nitrogen and oxygen atoms in total. The van der Waals surface area contributed by atoms with E-state index in [1.807, 2.05) is 19.9 Å². The molecule has 0 spiro atoms. The fourth-order valence-electron chi connectivity index (χ4n) is 1.64. The molecule has 1 aromatic rings. The maximum Gasteiger partial charge on any atom is 0.241 e. The summed E-state index contributed by atoms with van der Waals surface area (Å²) in [6.07, 6.45) is 0. The molecule has 0 atom stereocenters. The third-order valence-electron chi connectivity index (χ3n) is 2.58. The van der Waals surface area contributed by atoms with Crippen molar-refractivity contribution < 1.29 is 9.53 Å². The van der Waals surface area contributed by atoms with E-state index in [4.69, 9.17) is 4.74 Å². The van der Waals surface area contributed by atoms with Crippen molar-refractivity contribution in [3.63, 3.8) is 0 Å². The highest BCUT2D eigenvalue weighted by Crippen LogP contribution is 2.29. The molecular weight excluding hydrogens is 216 g/mol. The third kappa shape index (κ3) is 3.37. The number of aryl methyl sites for hydroxylation is 2. The van der Waals surface area contributed by atoms with Gasteiger partial charge in [-0.15, -0.1) is 0 Å². The number of nitrogens with one attached hydrogen (secondary N) is 1. The lowest BCUT2D eigenvalue weighted by Crippen LogP contribution is -2.28. The smallest absolute Gasteiger partial charge is 0.241 e. The maximum atomic E-state index is 11.5. The van der Waals surface area contributed by atoms with Gasteiger partial charge in [-0.3, -0.25) is 4.79 Å². The molecule has 0 fully saturated rings. The van der Waals surface area contributed by atoms with Crippen LogP contribution in [0.4, 0.5) is 5.69 Å². The summed E-state index contributed by atoms with van der Waals surface area (Å²) in [5.74, 6) is 0.807. The number of hydrogen-bond acceptors (Lipinski definition) is 3. The molecule has 1 N–H and O–H groups in total. The van der Waals surface area contributed by atoms with Gasteiger partial charge in [0.25, 0.3) is 0 Å². The van der Waals surface area contributed by atoms with Crippen LogP contribution < -0.4 is 10.1 Å². The van der Waals surface area contributed by atoms with Crippen LogP contribution in [0.2, 0.25) is 0 Å². The standard InChI is InChI=1S/C13H20N2O2/c1-9-6-10(2)13(11(7-9)17-5)14-8-12(16)15(3)4/h6-7,14H,8H2,1-5H3. The van der Waals surface area contributed by atoms with Gasteiger partial charge in [-0.05, 0) is 31.0 Å². The molecule has 1 amide bonds. The number of benzene rings is 1. The van der Waals surface area contributed by atoms with Gasteiger partial charge in [-0.2, -0.15) is 0 Å². The summed E-state index contributed by atoms with van der Waals surface area (Å²) in [6.45, 7) is 4.29. The molecule has 17 heavy (non-hydrogen) atoms. The monoisotopic (exact) mass is 236 g/mol. The SMILES string of the molecule is COc1cc(C)cc(C)c1NCC(=O)N(C)C. The minimum absolute atomic E-state index is 0.0343. The van der Waals surface area contributed by atoms with Gasteiger partial charge >= 0.3 is 0 Å². The Kier molecular flexibility index (Phi) is 4.37. The number of rotatable bonds is 4. The molecule has 94 valence electrons. The van der Waals surface area contributed by atoms with Gasteiger partial charge in [0.1, 0.15) is 5.75 Å². The molecular formula is C13H20N2O2. The molecule has 0 aromatic heterocycles. The maximum absolute atomic E-state index is 11.5. The zero-order valence-corrected chi connectivity index (χ0v) is 11.1. The molecule has 1 aromatic carbocycles. The minimum Gasteiger partial charge on any atom is -0.495 e. The highest BCUT2D eigenvalue weighted by molar-refractivity contribution is 5.81. The van der Waals surface area contributed by atoms with Gasteiger partial charge in [0.2, 0.25) is 5.91 Å². The first-order valence-electron chi connectivity index (χ1n) is 5.55. The Morgan fingerprint density at radius 2 is 2.00 bits per heavy atom. The lowest BCUT2D eigenvalue weighted by molar-refractivity contribution is -0.126. The summed E-state index contributed by atoms with van der Waals surface area (Å²) in [4.78, 5) is 13.1. The molecule has 0 radical (unpaired) electrons. The first kappa shape index (κ1) is 13.4. The van der Waals surface area contributed by atoms with E-state index in [0.717, 1.165) is 22.6 Å². The molecule has 0 aliphatic heterocycles. The largest absolute Gasteiger partial charge is 0.495 e. The third-order valence-corrected chi connectivity index (χ3v) is 2.58. The van der Waals surface area contributed by atoms with Gasteiger partial charge in [0.05, 0.1) is 19.3 Å². The molecule has 0 aliphatic rings. The molecule has 4 heteroatoms. The van der Waals surface area contributed by atoms with Crippen molar-refractivity contribution >= 4 is 11.6 Å². The van der Waals surface area contributed by atoms with Crippen molar-refractivity contribution in [2.24, 2.45) is 0 Å². The van der Waals surface area contributed by atoms with Crippen molar-refractivity contribution in [1.82, 2.24) is 4.90 Å². The summed E-state index contributed by atoms with van der Waals surface area (Å²) in [5.41, 5.74) is 3.10. The number of hydrogen-bond donors (Lipinski definition) is 1. The summed E-state index contributed by atoms with van der Waals surface area (Å²) < 4.78 is 5.31. The zero-order valence-electron chi connectivity index (χ0n) is 11.1. The molecule has 0 heterocycles. The van der Waals surface area contributed by atoms with Gasteiger partial charge in [0.15, 0.2) is 0 Å². The summed E-state index contributed by atoms with van der Waals surface area (Å²) >= 11 is 0. The Bertz CT molecular complexity index is 414. The normalized spacial score (nSPS) is 9.94. The first-order valence-corrected chi connectivity index (χ1v) is 5.55. The first-order chi connectivity index (χ1) is 7.95. The predicted octanol–water partition coefficient (Wildman–Crippen LogP) is 1.81. The number of ether oxygens (including phenoxy) is 1. The molecule has 1 rings (SSSR count). The van der Waals surface area contributed by atoms with E-state index in [1.165, 1.54) is 0 Å². The van der Waals surface area contributed by atoms with Crippen LogP contribution in [0, 0.1) is 13.8 Å². The van der Waals surface area contributed by atoms with Gasteiger partial charge in [-0.1, -0.05) is 6.07 Å². The Morgan fingerprint density at radius 3 is 2.53 bits per heavy atom. The van der Waals surface area contributed by atoms with Crippen molar-refractivity contribution in [1.29, 1.82) is 0 Å². The van der Waals surface area contributed by atoms with Crippen LogP contribution in [0.3, 0.4) is 0 Å². The van der Waals surface area contributed by atoms with Gasteiger partial charge in [0, 0.05) is 14.1 Å². The van der Waals surface area contributed by atoms with Gasteiger partial charge < -0.3 is 15.0 Å². The van der Waals surface area contributed by atoms with Crippen molar-refractivity contribution in [2.45, 2.75) is 13.8 Å². The van der Waals surface area contributed by atoms with Crippen LogP contribution in [0.15, 0.2) is 12.1 Å². The van der Waals surface area contributed by atoms with Gasteiger partial charge in [-0.25, -0.2) is 0 Å². The summed E-state index contributed by atoms with van der Waals surface area (Å²) in [6, 6.07) is 4.01. The Morgan fingerprint density at radius 1 is 1.35 bits per heavy atom. The van der Waals surface area contributed by atoms with Crippen LogP contribution in [-0.2, 0) is 4.79 Å². The number of carbonyl (C=O) groups excluding carboxylic acids is 1. The van der Waals surface area contributed by atoms with E-state index in [2.05, 4.69) is 11.4 Å². The number of nitrogens with zero attached hydrogens (tertiary/aromatic N) is 1. The Balaban J connectivity index is 2.87.